The molecule has 0 heterocycles. The maximum atomic E-state index is 10.3. The molecule has 0 radical (unpaired) electrons. The second-order valence-electron chi connectivity index (χ2n) is 3.11. The molecule has 1 aromatic rings. The van der Waals surface area contributed by atoms with Gasteiger partial charge in [-0.15, -0.1) is 0 Å². The SMILES string of the molecule is Cc1ccc(O)c(C)c1/C=C/C(=O)O. The van der Waals surface area contributed by atoms with E-state index in [-0.39, 0.29) is 5.75 Å². The van der Waals surface area contributed by atoms with Crippen LogP contribution < -0.4 is 0 Å². The van der Waals surface area contributed by atoms with Crippen molar-refractivity contribution < 1.29 is 15.0 Å². The Bertz CT molecular complexity index is 392. The Kier molecular flexibility index (Phi) is 2.92. The molecule has 2 N–H and O–H groups in total. The zero-order valence-corrected chi connectivity index (χ0v) is 8.11. The fraction of sp³-hybridized carbons (Fsp3) is 0.182. The van der Waals surface area contributed by atoms with Gasteiger partial charge in [-0.25, -0.2) is 4.79 Å². The molecule has 0 atom stereocenters. The Morgan fingerprint density at radius 3 is 2.57 bits per heavy atom. The lowest BCUT2D eigenvalue weighted by Crippen LogP contribution is -1.90. The van der Waals surface area contributed by atoms with Crippen LogP contribution in [0.15, 0.2) is 18.2 Å². The first-order valence-electron chi connectivity index (χ1n) is 4.22. The van der Waals surface area contributed by atoms with E-state index in [1.54, 1.807) is 19.1 Å². The third-order valence-corrected chi connectivity index (χ3v) is 2.10. The molecule has 3 heteroatoms. The number of benzene rings is 1. The third kappa shape index (κ3) is 2.13. The zero-order valence-electron chi connectivity index (χ0n) is 8.11. The third-order valence-electron chi connectivity index (χ3n) is 2.10. The van der Waals surface area contributed by atoms with Crippen LogP contribution in [0.4, 0.5) is 0 Å². The number of rotatable bonds is 2. The summed E-state index contributed by atoms with van der Waals surface area (Å²) < 4.78 is 0. The summed E-state index contributed by atoms with van der Waals surface area (Å²) in [5, 5.41) is 17.9. The number of aryl methyl sites for hydroxylation is 1. The lowest BCUT2D eigenvalue weighted by Gasteiger charge is -2.06. The highest BCUT2D eigenvalue weighted by atomic mass is 16.4. The van der Waals surface area contributed by atoms with Gasteiger partial charge in [0.1, 0.15) is 5.75 Å². The predicted molar refractivity (Wildman–Crippen MR) is 54.3 cm³/mol. The summed E-state index contributed by atoms with van der Waals surface area (Å²) in [6.07, 6.45) is 2.56. The van der Waals surface area contributed by atoms with E-state index in [1.165, 1.54) is 6.08 Å². The number of carboxylic acids is 1. The standard InChI is InChI=1S/C11H12O3/c1-7-3-5-10(12)8(2)9(7)4-6-11(13)14/h3-6,12H,1-2H3,(H,13,14)/b6-4+. The lowest BCUT2D eigenvalue weighted by atomic mass is 10.0. The molecule has 0 bridgehead atoms. The molecule has 0 saturated heterocycles. The van der Waals surface area contributed by atoms with Crippen LogP contribution >= 0.6 is 0 Å². The monoisotopic (exact) mass is 192 g/mol. The highest BCUT2D eigenvalue weighted by Crippen LogP contribution is 2.24. The van der Waals surface area contributed by atoms with Crippen LogP contribution in [0.2, 0.25) is 0 Å². The Morgan fingerprint density at radius 1 is 1.36 bits per heavy atom. The average molecular weight is 192 g/mol. The minimum Gasteiger partial charge on any atom is -0.508 e. The molecule has 0 spiro atoms. The van der Waals surface area contributed by atoms with Crippen molar-refractivity contribution in [1.29, 1.82) is 0 Å². The molecule has 0 aliphatic carbocycles. The summed E-state index contributed by atoms with van der Waals surface area (Å²) in [5.41, 5.74) is 2.40. The first kappa shape index (κ1) is 10.3. The topological polar surface area (TPSA) is 57.5 Å². The van der Waals surface area contributed by atoms with Crippen molar-refractivity contribution in [3.05, 3.63) is 34.9 Å². The number of carboxylic acid groups (broad SMARTS) is 1. The van der Waals surface area contributed by atoms with Crippen LogP contribution in [0.1, 0.15) is 16.7 Å². The van der Waals surface area contributed by atoms with Gasteiger partial charge in [-0.3, -0.25) is 0 Å². The number of phenolic OH excluding ortho intramolecular Hbond substituents is 1. The number of hydrogen-bond acceptors (Lipinski definition) is 2. The molecule has 1 aromatic carbocycles. The molecule has 3 nitrogen and oxygen atoms in total. The molecule has 0 aliphatic heterocycles. The fourth-order valence-corrected chi connectivity index (χ4v) is 1.26. The molecule has 1 rings (SSSR count). The van der Waals surface area contributed by atoms with E-state index < -0.39 is 5.97 Å². The molecule has 0 aromatic heterocycles. The molecule has 14 heavy (non-hydrogen) atoms. The van der Waals surface area contributed by atoms with Gasteiger partial charge < -0.3 is 10.2 Å². The molecule has 0 amide bonds. The number of carbonyl (C=O) groups is 1. The van der Waals surface area contributed by atoms with E-state index in [4.69, 9.17) is 5.11 Å². The summed E-state index contributed by atoms with van der Waals surface area (Å²) in [7, 11) is 0. The quantitative estimate of drug-likeness (QED) is 0.705. The van der Waals surface area contributed by atoms with Gasteiger partial charge in [0.15, 0.2) is 0 Å². The molecular formula is C11H12O3. The van der Waals surface area contributed by atoms with Gasteiger partial charge >= 0.3 is 5.97 Å². The second kappa shape index (κ2) is 3.96. The highest BCUT2D eigenvalue weighted by Gasteiger charge is 2.03. The molecule has 0 unspecified atom stereocenters. The summed E-state index contributed by atoms with van der Waals surface area (Å²) in [4.78, 5) is 10.3. The molecule has 0 aliphatic rings. The number of hydrogen-bond donors (Lipinski definition) is 2. The lowest BCUT2D eigenvalue weighted by molar-refractivity contribution is -0.131. The summed E-state index contributed by atoms with van der Waals surface area (Å²) >= 11 is 0. The Morgan fingerprint density at radius 2 is 2.00 bits per heavy atom. The fourth-order valence-electron chi connectivity index (χ4n) is 1.26. The van der Waals surface area contributed by atoms with Crippen LogP contribution in [0, 0.1) is 13.8 Å². The zero-order chi connectivity index (χ0) is 10.7. The normalized spacial score (nSPS) is 10.7. The predicted octanol–water partition coefficient (Wildman–Crippen LogP) is 2.11. The Hall–Kier alpha value is -1.77. The van der Waals surface area contributed by atoms with Crippen molar-refractivity contribution in [3.63, 3.8) is 0 Å². The molecule has 0 fully saturated rings. The van der Waals surface area contributed by atoms with Crippen LogP contribution in [0.5, 0.6) is 5.75 Å². The first-order chi connectivity index (χ1) is 6.52. The van der Waals surface area contributed by atoms with Crippen molar-refractivity contribution in [3.8, 4) is 5.75 Å². The van der Waals surface area contributed by atoms with Crippen LogP contribution in [0.3, 0.4) is 0 Å². The van der Waals surface area contributed by atoms with Gasteiger partial charge in [0.25, 0.3) is 0 Å². The van der Waals surface area contributed by atoms with Crippen molar-refractivity contribution in [1.82, 2.24) is 0 Å². The molecular weight excluding hydrogens is 180 g/mol. The van der Waals surface area contributed by atoms with E-state index in [9.17, 15) is 9.90 Å². The smallest absolute Gasteiger partial charge is 0.328 e. The summed E-state index contributed by atoms with van der Waals surface area (Å²) in [6, 6.07) is 3.35. The van der Waals surface area contributed by atoms with E-state index in [1.807, 2.05) is 6.92 Å². The average Bonchev–Trinajstić information content (AvgIpc) is 2.11. The van der Waals surface area contributed by atoms with Crippen molar-refractivity contribution >= 4 is 12.0 Å². The van der Waals surface area contributed by atoms with Gasteiger partial charge in [0.2, 0.25) is 0 Å². The van der Waals surface area contributed by atoms with Gasteiger partial charge in [0, 0.05) is 6.08 Å². The second-order valence-corrected chi connectivity index (χ2v) is 3.11. The van der Waals surface area contributed by atoms with Gasteiger partial charge in [-0.2, -0.15) is 0 Å². The maximum absolute atomic E-state index is 10.3. The van der Waals surface area contributed by atoms with Crippen molar-refractivity contribution in [2.75, 3.05) is 0 Å². The highest BCUT2D eigenvalue weighted by molar-refractivity contribution is 5.86. The van der Waals surface area contributed by atoms with Crippen molar-refractivity contribution in [2.45, 2.75) is 13.8 Å². The minimum absolute atomic E-state index is 0.181. The van der Waals surface area contributed by atoms with Gasteiger partial charge in [-0.05, 0) is 42.7 Å². The molecule has 74 valence electrons. The van der Waals surface area contributed by atoms with Crippen LogP contribution in [-0.2, 0) is 4.79 Å². The van der Waals surface area contributed by atoms with Crippen molar-refractivity contribution in [2.24, 2.45) is 0 Å². The van der Waals surface area contributed by atoms with E-state index in [0.717, 1.165) is 17.2 Å². The summed E-state index contributed by atoms with van der Waals surface area (Å²) in [6.45, 7) is 3.62. The van der Waals surface area contributed by atoms with Crippen LogP contribution in [0.25, 0.3) is 6.08 Å². The number of aliphatic carboxylic acids is 1. The number of aromatic hydroxyl groups is 1. The number of phenols is 1. The van der Waals surface area contributed by atoms with Gasteiger partial charge in [-0.1, -0.05) is 6.07 Å². The minimum atomic E-state index is -0.993. The summed E-state index contributed by atoms with van der Waals surface area (Å²) in [5.74, 6) is -0.812. The Labute approximate surface area is 82.3 Å². The van der Waals surface area contributed by atoms with Gasteiger partial charge in [0.05, 0.1) is 0 Å². The van der Waals surface area contributed by atoms with E-state index in [0.29, 0.717) is 5.56 Å². The van der Waals surface area contributed by atoms with E-state index >= 15 is 0 Å². The van der Waals surface area contributed by atoms with E-state index in [2.05, 4.69) is 0 Å². The Balaban J connectivity index is 3.19. The largest absolute Gasteiger partial charge is 0.508 e. The maximum Gasteiger partial charge on any atom is 0.328 e. The van der Waals surface area contributed by atoms with Crippen LogP contribution in [-0.4, -0.2) is 16.2 Å². The molecule has 0 saturated carbocycles. The first-order valence-corrected chi connectivity index (χ1v) is 4.22.